The lowest BCUT2D eigenvalue weighted by molar-refractivity contribution is -0.136. The second-order valence-electron chi connectivity index (χ2n) is 6.71. The van der Waals surface area contributed by atoms with E-state index in [0.29, 0.717) is 32.0 Å². The molecule has 2 amide bonds. The fraction of sp³-hybridized carbons (Fsp3) is 0.286. The Labute approximate surface area is 162 Å². The quantitative estimate of drug-likeness (QED) is 0.740. The number of aromatic nitrogens is 2. The maximum atomic E-state index is 12.1. The van der Waals surface area contributed by atoms with E-state index in [0.717, 1.165) is 16.9 Å². The number of ether oxygens (including phenoxy) is 1. The number of pyridine rings is 1. The van der Waals surface area contributed by atoms with Crippen LogP contribution in [0.15, 0.2) is 54.9 Å². The Morgan fingerprint density at radius 1 is 1.04 bits per heavy atom. The lowest BCUT2D eigenvalue weighted by Crippen LogP contribution is -2.40. The zero-order valence-corrected chi connectivity index (χ0v) is 15.5. The molecule has 0 aliphatic carbocycles. The van der Waals surface area contributed by atoms with Gasteiger partial charge < -0.3 is 19.4 Å². The molecule has 1 fully saturated rings. The fourth-order valence-electron chi connectivity index (χ4n) is 3.21. The molecule has 7 nitrogen and oxygen atoms in total. The lowest BCUT2D eigenvalue weighted by atomic mass is 10.1. The number of morpholine rings is 1. The first-order chi connectivity index (χ1) is 13.7. The van der Waals surface area contributed by atoms with Crippen LogP contribution in [-0.2, 0) is 14.3 Å². The van der Waals surface area contributed by atoms with E-state index in [4.69, 9.17) is 4.74 Å². The highest BCUT2D eigenvalue weighted by molar-refractivity contribution is 5.93. The second-order valence-corrected chi connectivity index (χ2v) is 6.71. The molecule has 0 bridgehead atoms. The molecule has 0 unspecified atom stereocenters. The van der Waals surface area contributed by atoms with Gasteiger partial charge in [0.25, 0.3) is 0 Å². The molecule has 0 atom stereocenters. The third-order valence-electron chi connectivity index (χ3n) is 4.76. The van der Waals surface area contributed by atoms with Gasteiger partial charge in [-0.15, -0.1) is 0 Å². The molecule has 0 radical (unpaired) electrons. The molecule has 3 aromatic rings. The highest BCUT2D eigenvalue weighted by Gasteiger charge is 2.17. The minimum absolute atomic E-state index is 0.000598. The SMILES string of the molecule is O=C(CCC(=O)N1CCOCC1)Nc1ccc(-c2cn3ccccc3n2)cc1. The van der Waals surface area contributed by atoms with Crippen LogP contribution in [0.25, 0.3) is 16.9 Å². The van der Waals surface area contributed by atoms with Gasteiger partial charge in [-0.25, -0.2) is 4.98 Å². The summed E-state index contributed by atoms with van der Waals surface area (Å²) in [4.78, 5) is 30.6. The summed E-state index contributed by atoms with van der Waals surface area (Å²) < 4.78 is 7.20. The number of anilines is 1. The third-order valence-corrected chi connectivity index (χ3v) is 4.76. The van der Waals surface area contributed by atoms with Crippen LogP contribution in [0.5, 0.6) is 0 Å². The van der Waals surface area contributed by atoms with Crippen LogP contribution in [0.1, 0.15) is 12.8 Å². The van der Waals surface area contributed by atoms with Crippen LogP contribution in [0, 0.1) is 0 Å². The Hall–Kier alpha value is -3.19. The molecule has 1 aliphatic heterocycles. The number of amides is 2. The standard InChI is InChI=1S/C21H22N4O3/c26-20(8-9-21(27)24-11-13-28-14-12-24)22-17-6-4-16(5-7-17)18-15-25-10-2-1-3-19(25)23-18/h1-7,10,15H,8-9,11-14H2,(H,22,26). The van der Waals surface area contributed by atoms with E-state index in [1.54, 1.807) is 4.90 Å². The van der Waals surface area contributed by atoms with E-state index >= 15 is 0 Å². The van der Waals surface area contributed by atoms with E-state index in [2.05, 4.69) is 10.3 Å². The number of fused-ring (bicyclic) bond motifs is 1. The number of benzene rings is 1. The molecule has 0 saturated carbocycles. The number of nitrogens with one attached hydrogen (secondary N) is 1. The summed E-state index contributed by atoms with van der Waals surface area (Å²) in [5, 5.41) is 2.85. The summed E-state index contributed by atoms with van der Waals surface area (Å²) in [6, 6.07) is 13.4. The highest BCUT2D eigenvalue weighted by atomic mass is 16.5. The van der Waals surface area contributed by atoms with Gasteiger partial charge in [-0.3, -0.25) is 9.59 Å². The van der Waals surface area contributed by atoms with Crippen LogP contribution < -0.4 is 5.32 Å². The van der Waals surface area contributed by atoms with Gasteiger partial charge in [0, 0.05) is 49.6 Å². The maximum absolute atomic E-state index is 12.1. The lowest BCUT2D eigenvalue weighted by Gasteiger charge is -2.26. The number of imidazole rings is 1. The second kappa shape index (κ2) is 8.22. The number of hydrogen-bond donors (Lipinski definition) is 1. The largest absolute Gasteiger partial charge is 0.378 e. The minimum atomic E-state index is -0.165. The molecule has 1 aromatic carbocycles. The molecule has 4 rings (SSSR count). The Kier molecular flexibility index (Phi) is 5.34. The van der Waals surface area contributed by atoms with E-state index in [1.807, 2.05) is 59.3 Å². The molecule has 7 heteroatoms. The molecule has 1 saturated heterocycles. The maximum Gasteiger partial charge on any atom is 0.224 e. The molecule has 3 heterocycles. The molecule has 0 spiro atoms. The van der Waals surface area contributed by atoms with Gasteiger partial charge in [0.2, 0.25) is 11.8 Å². The molecule has 1 aliphatic rings. The Morgan fingerprint density at radius 2 is 1.82 bits per heavy atom. The van der Waals surface area contributed by atoms with E-state index in [9.17, 15) is 9.59 Å². The fourth-order valence-corrected chi connectivity index (χ4v) is 3.21. The number of hydrogen-bond acceptors (Lipinski definition) is 4. The summed E-state index contributed by atoms with van der Waals surface area (Å²) in [6.07, 6.45) is 4.31. The Morgan fingerprint density at radius 3 is 2.57 bits per heavy atom. The van der Waals surface area contributed by atoms with Crippen LogP contribution >= 0.6 is 0 Å². The molecule has 28 heavy (non-hydrogen) atoms. The molecule has 1 N–H and O–H groups in total. The Balaban J connectivity index is 1.32. The van der Waals surface area contributed by atoms with Crippen molar-refractivity contribution in [1.29, 1.82) is 0 Å². The Bertz CT molecular complexity index is 942. The zero-order chi connectivity index (χ0) is 19.3. The zero-order valence-electron chi connectivity index (χ0n) is 15.5. The number of carbonyl (C=O) groups is 2. The van der Waals surface area contributed by atoms with Gasteiger partial charge in [-0.1, -0.05) is 18.2 Å². The van der Waals surface area contributed by atoms with Crippen molar-refractivity contribution in [3.8, 4) is 11.3 Å². The summed E-state index contributed by atoms with van der Waals surface area (Å²) >= 11 is 0. The van der Waals surface area contributed by atoms with Crippen molar-refractivity contribution < 1.29 is 14.3 Å². The van der Waals surface area contributed by atoms with Crippen LogP contribution in [0.2, 0.25) is 0 Å². The third kappa shape index (κ3) is 4.20. The van der Waals surface area contributed by atoms with Crippen molar-refractivity contribution >= 4 is 23.1 Å². The van der Waals surface area contributed by atoms with Crippen LogP contribution in [0.3, 0.4) is 0 Å². The summed E-state index contributed by atoms with van der Waals surface area (Å²) in [5.41, 5.74) is 3.44. The van der Waals surface area contributed by atoms with Gasteiger partial charge in [-0.2, -0.15) is 0 Å². The summed E-state index contributed by atoms with van der Waals surface area (Å²) in [7, 11) is 0. The first-order valence-electron chi connectivity index (χ1n) is 9.38. The molecule has 144 valence electrons. The van der Waals surface area contributed by atoms with Crippen molar-refractivity contribution in [3.63, 3.8) is 0 Å². The van der Waals surface area contributed by atoms with Gasteiger partial charge in [-0.05, 0) is 24.3 Å². The van der Waals surface area contributed by atoms with Crippen LogP contribution in [-0.4, -0.2) is 52.4 Å². The first-order valence-corrected chi connectivity index (χ1v) is 9.38. The normalized spacial score (nSPS) is 14.2. The minimum Gasteiger partial charge on any atom is -0.378 e. The molecular weight excluding hydrogens is 356 g/mol. The number of nitrogens with zero attached hydrogens (tertiary/aromatic N) is 3. The summed E-state index contributed by atoms with van der Waals surface area (Å²) in [6.45, 7) is 2.34. The molecule has 2 aromatic heterocycles. The average Bonchev–Trinajstić information content (AvgIpc) is 3.17. The van der Waals surface area contributed by atoms with Gasteiger partial charge in [0.15, 0.2) is 0 Å². The topological polar surface area (TPSA) is 75.9 Å². The molecular formula is C21H22N4O3. The number of rotatable bonds is 5. The van der Waals surface area contributed by atoms with Crippen molar-refractivity contribution in [1.82, 2.24) is 14.3 Å². The van der Waals surface area contributed by atoms with Crippen LogP contribution in [0.4, 0.5) is 5.69 Å². The van der Waals surface area contributed by atoms with Gasteiger partial charge in [0.05, 0.1) is 18.9 Å². The predicted octanol–water partition coefficient (Wildman–Crippen LogP) is 2.58. The van der Waals surface area contributed by atoms with E-state index in [-0.39, 0.29) is 24.7 Å². The summed E-state index contributed by atoms with van der Waals surface area (Å²) in [5.74, 6) is -0.164. The van der Waals surface area contributed by atoms with E-state index < -0.39 is 0 Å². The van der Waals surface area contributed by atoms with Gasteiger partial charge >= 0.3 is 0 Å². The smallest absolute Gasteiger partial charge is 0.224 e. The predicted molar refractivity (Wildman–Crippen MR) is 106 cm³/mol. The van der Waals surface area contributed by atoms with Crippen molar-refractivity contribution in [2.45, 2.75) is 12.8 Å². The highest BCUT2D eigenvalue weighted by Crippen LogP contribution is 2.21. The number of carbonyl (C=O) groups excluding carboxylic acids is 2. The van der Waals surface area contributed by atoms with Crippen molar-refractivity contribution in [3.05, 3.63) is 54.9 Å². The average molecular weight is 378 g/mol. The van der Waals surface area contributed by atoms with E-state index in [1.165, 1.54) is 0 Å². The first kappa shape index (κ1) is 18.2. The van der Waals surface area contributed by atoms with Crippen molar-refractivity contribution in [2.75, 3.05) is 31.6 Å². The van der Waals surface area contributed by atoms with Gasteiger partial charge in [0.1, 0.15) is 5.65 Å². The monoisotopic (exact) mass is 378 g/mol. The van der Waals surface area contributed by atoms with Crippen molar-refractivity contribution in [2.24, 2.45) is 0 Å².